The first-order valence-corrected chi connectivity index (χ1v) is 7.21. The van der Waals surface area contributed by atoms with E-state index in [1.54, 1.807) is 24.3 Å². The van der Waals surface area contributed by atoms with E-state index in [0.717, 1.165) is 5.69 Å². The normalized spacial score (nSPS) is 10.4. The summed E-state index contributed by atoms with van der Waals surface area (Å²) < 4.78 is 20.4. The number of aromatic nitrogens is 4. The molecule has 0 unspecified atom stereocenters. The van der Waals surface area contributed by atoms with E-state index >= 15 is 0 Å². The van der Waals surface area contributed by atoms with E-state index in [1.165, 1.54) is 29.2 Å². The molecule has 0 fully saturated rings. The maximum atomic E-state index is 13.5. The Morgan fingerprint density at radius 1 is 1.25 bits per heavy atom. The maximum Gasteiger partial charge on any atom is 0.262 e. The van der Waals surface area contributed by atoms with Gasteiger partial charge in [0.25, 0.3) is 5.91 Å². The third-order valence-electron chi connectivity index (χ3n) is 3.02. The SMILES string of the molecule is O=C(COc1ccc(-n2cnnn2)cc1)Nc1cc(Cl)ccc1F. The molecule has 9 heteroatoms. The molecule has 3 rings (SSSR count). The fourth-order valence-electron chi connectivity index (χ4n) is 1.90. The molecule has 0 aliphatic rings. The van der Waals surface area contributed by atoms with Crippen molar-refractivity contribution in [3.05, 3.63) is 59.6 Å². The average Bonchev–Trinajstić information content (AvgIpc) is 3.11. The van der Waals surface area contributed by atoms with Gasteiger partial charge in [0.1, 0.15) is 17.9 Å². The van der Waals surface area contributed by atoms with Gasteiger partial charge in [-0.3, -0.25) is 4.79 Å². The van der Waals surface area contributed by atoms with Gasteiger partial charge in [0.05, 0.1) is 11.4 Å². The molecule has 0 spiro atoms. The molecule has 1 aromatic heterocycles. The highest BCUT2D eigenvalue weighted by atomic mass is 35.5. The number of benzene rings is 2. The molecule has 0 aliphatic heterocycles. The Hall–Kier alpha value is -3.00. The minimum Gasteiger partial charge on any atom is -0.484 e. The third-order valence-corrected chi connectivity index (χ3v) is 3.26. The number of nitrogens with zero attached hydrogens (tertiary/aromatic N) is 4. The monoisotopic (exact) mass is 347 g/mol. The molecule has 0 saturated heterocycles. The molecule has 24 heavy (non-hydrogen) atoms. The molecule has 1 heterocycles. The maximum absolute atomic E-state index is 13.5. The highest BCUT2D eigenvalue weighted by Crippen LogP contribution is 2.19. The Labute approximate surface area is 141 Å². The Bertz CT molecular complexity index is 840. The van der Waals surface area contributed by atoms with Crippen LogP contribution in [0.25, 0.3) is 5.69 Å². The van der Waals surface area contributed by atoms with Crippen LogP contribution >= 0.6 is 11.6 Å². The number of carbonyl (C=O) groups is 1. The molecule has 0 saturated carbocycles. The molecule has 2 aromatic carbocycles. The van der Waals surface area contributed by atoms with Crippen LogP contribution in [0.2, 0.25) is 5.02 Å². The smallest absolute Gasteiger partial charge is 0.262 e. The van der Waals surface area contributed by atoms with E-state index in [0.29, 0.717) is 10.8 Å². The Kier molecular flexibility index (Phi) is 4.66. The lowest BCUT2D eigenvalue weighted by atomic mass is 10.3. The van der Waals surface area contributed by atoms with E-state index in [1.807, 2.05) is 0 Å². The predicted molar refractivity (Wildman–Crippen MR) is 84.7 cm³/mol. The van der Waals surface area contributed by atoms with Gasteiger partial charge in [-0.25, -0.2) is 9.07 Å². The summed E-state index contributed by atoms with van der Waals surface area (Å²) in [5, 5.41) is 13.6. The summed E-state index contributed by atoms with van der Waals surface area (Å²) in [6.07, 6.45) is 1.46. The summed E-state index contributed by atoms with van der Waals surface area (Å²) in [6, 6.07) is 10.7. The average molecular weight is 348 g/mol. The van der Waals surface area contributed by atoms with Gasteiger partial charge in [0, 0.05) is 5.02 Å². The van der Waals surface area contributed by atoms with Crippen molar-refractivity contribution in [2.75, 3.05) is 11.9 Å². The lowest BCUT2D eigenvalue weighted by Crippen LogP contribution is -2.20. The van der Waals surface area contributed by atoms with Gasteiger partial charge in [-0.1, -0.05) is 11.6 Å². The number of carbonyl (C=O) groups excluding carboxylic acids is 1. The molecule has 122 valence electrons. The molecule has 7 nitrogen and oxygen atoms in total. The van der Waals surface area contributed by atoms with Crippen LogP contribution in [0.4, 0.5) is 10.1 Å². The van der Waals surface area contributed by atoms with Crippen LogP contribution < -0.4 is 10.1 Å². The second kappa shape index (κ2) is 7.05. The highest BCUT2D eigenvalue weighted by molar-refractivity contribution is 6.30. The number of anilines is 1. The van der Waals surface area contributed by atoms with E-state index in [9.17, 15) is 9.18 Å². The number of nitrogens with one attached hydrogen (secondary N) is 1. The van der Waals surface area contributed by atoms with Crippen LogP contribution in [-0.2, 0) is 4.79 Å². The lowest BCUT2D eigenvalue weighted by Gasteiger charge is -2.09. The standard InChI is InChI=1S/C15H11ClFN5O2/c16-10-1-6-13(17)14(7-10)19-15(23)8-24-12-4-2-11(3-5-12)22-9-18-20-21-22/h1-7,9H,8H2,(H,19,23). The second-order valence-electron chi connectivity index (χ2n) is 4.71. The van der Waals surface area contributed by atoms with Gasteiger partial charge in [-0.2, -0.15) is 0 Å². The number of tetrazole rings is 1. The summed E-state index contributed by atoms with van der Waals surface area (Å²) in [5.74, 6) is -0.590. The molecule has 0 bridgehead atoms. The summed E-state index contributed by atoms with van der Waals surface area (Å²) >= 11 is 5.77. The largest absolute Gasteiger partial charge is 0.484 e. The van der Waals surface area contributed by atoms with Crippen molar-refractivity contribution in [2.45, 2.75) is 0 Å². The molecule has 0 atom stereocenters. The number of rotatable bonds is 5. The van der Waals surface area contributed by atoms with Crippen molar-refractivity contribution in [2.24, 2.45) is 0 Å². The fraction of sp³-hybridized carbons (Fsp3) is 0.0667. The molecular weight excluding hydrogens is 337 g/mol. The van der Waals surface area contributed by atoms with Gasteiger partial charge in [0.15, 0.2) is 6.61 Å². The van der Waals surface area contributed by atoms with E-state index in [4.69, 9.17) is 16.3 Å². The first-order chi connectivity index (χ1) is 11.6. The second-order valence-corrected chi connectivity index (χ2v) is 5.15. The van der Waals surface area contributed by atoms with Crippen molar-refractivity contribution in [1.82, 2.24) is 20.2 Å². The number of amides is 1. The number of hydrogen-bond acceptors (Lipinski definition) is 5. The Morgan fingerprint density at radius 2 is 2.04 bits per heavy atom. The molecule has 0 radical (unpaired) electrons. The quantitative estimate of drug-likeness (QED) is 0.766. The lowest BCUT2D eigenvalue weighted by molar-refractivity contribution is -0.118. The molecule has 0 aliphatic carbocycles. The van der Waals surface area contributed by atoms with Crippen LogP contribution in [0.5, 0.6) is 5.75 Å². The summed E-state index contributed by atoms with van der Waals surface area (Å²) in [4.78, 5) is 11.8. The molecule has 1 N–H and O–H groups in total. The third kappa shape index (κ3) is 3.85. The summed E-state index contributed by atoms with van der Waals surface area (Å²) in [7, 11) is 0. The Morgan fingerprint density at radius 3 is 2.75 bits per heavy atom. The predicted octanol–water partition coefficient (Wildman–Crippen LogP) is 2.47. The molecule has 1 amide bonds. The van der Waals surface area contributed by atoms with Gasteiger partial charge in [0.2, 0.25) is 0 Å². The van der Waals surface area contributed by atoms with Crippen LogP contribution in [0.15, 0.2) is 48.8 Å². The summed E-state index contributed by atoms with van der Waals surface area (Å²) in [6.45, 7) is -0.268. The number of hydrogen-bond donors (Lipinski definition) is 1. The highest BCUT2D eigenvalue weighted by Gasteiger charge is 2.08. The summed E-state index contributed by atoms with van der Waals surface area (Å²) in [5.41, 5.74) is 0.753. The van der Waals surface area contributed by atoms with Gasteiger partial charge < -0.3 is 10.1 Å². The first-order valence-electron chi connectivity index (χ1n) is 6.83. The van der Waals surface area contributed by atoms with Crippen LogP contribution in [-0.4, -0.2) is 32.7 Å². The zero-order valence-electron chi connectivity index (χ0n) is 12.2. The minimum absolute atomic E-state index is 0.00475. The van der Waals surface area contributed by atoms with Crippen LogP contribution in [0, 0.1) is 5.82 Å². The van der Waals surface area contributed by atoms with Crippen molar-refractivity contribution < 1.29 is 13.9 Å². The zero-order valence-corrected chi connectivity index (χ0v) is 12.9. The van der Waals surface area contributed by atoms with Crippen molar-refractivity contribution in [3.63, 3.8) is 0 Å². The van der Waals surface area contributed by atoms with Crippen LogP contribution in [0.3, 0.4) is 0 Å². The fourth-order valence-corrected chi connectivity index (χ4v) is 2.08. The molecule has 3 aromatic rings. The van der Waals surface area contributed by atoms with E-state index < -0.39 is 11.7 Å². The number of ether oxygens (including phenoxy) is 1. The van der Waals surface area contributed by atoms with E-state index in [2.05, 4.69) is 20.8 Å². The number of halogens is 2. The van der Waals surface area contributed by atoms with Gasteiger partial charge >= 0.3 is 0 Å². The van der Waals surface area contributed by atoms with Crippen molar-refractivity contribution in [1.29, 1.82) is 0 Å². The minimum atomic E-state index is -0.571. The van der Waals surface area contributed by atoms with Crippen molar-refractivity contribution in [3.8, 4) is 11.4 Å². The first kappa shape index (κ1) is 15.9. The van der Waals surface area contributed by atoms with Crippen molar-refractivity contribution >= 4 is 23.2 Å². The Balaban J connectivity index is 1.57. The van der Waals surface area contributed by atoms with E-state index in [-0.39, 0.29) is 12.3 Å². The van der Waals surface area contributed by atoms with Gasteiger partial charge in [-0.15, -0.1) is 5.10 Å². The zero-order chi connectivity index (χ0) is 16.9. The molecular formula is C15H11ClFN5O2. The topological polar surface area (TPSA) is 81.9 Å². The van der Waals surface area contributed by atoms with Crippen LogP contribution in [0.1, 0.15) is 0 Å². The van der Waals surface area contributed by atoms with Gasteiger partial charge in [-0.05, 0) is 52.9 Å².